The molecule has 0 aromatic heterocycles. The first-order valence-corrected chi connectivity index (χ1v) is 8.21. The fourth-order valence-corrected chi connectivity index (χ4v) is 2.39. The molecule has 0 aromatic rings. The number of esters is 1. The Kier molecular flexibility index (Phi) is 7.33. The first-order chi connectivity index (χ1) is 10.8. The molecule has 0 radical (unpaired) electrons. The van der Waals surface area contributed by atoms with Crippen molar-refractivity contribution >= 4 is 12.1 Å². The van der Waals surface area contributed by atoms with Gasteiger partial charge in [-0.05, 0) is 51.2 Å². The standard InChI is InChI=1S/C18H29NO4/c1-6-7-8-15-13-19(17(21)23-18(2,3)4)12-11-14(15)9-10-16(20)22-5/h9-10H,6-8,11-13H2,1-5H3/b10-9+. The van der Waals surface area contributed by atoms with E-state index >= 15 is 0 Å². The monoisotopic (exact) mass is 323 g/mol. The highest BCUT2D eigenvalue weighted by Crippen LogP contribution is 2.25. The molecule has 0 aliphatic carbocycles. The molecule has 0 bridgehead atoms. The highest BCUT2D eigenvalue weighted by Gasteiger charge is 2.26. The molecule has 0 N–H and O–H groups in total. The SMILES string of the molecule is CCCCC1=C(/C=C/C(=O)OC)CCN(C(=O)OC(C)(C)C)C1. The first kappa shape index (κ1) is 19.3. The average Bonchev–Trinajstić information content (AvgIpc) is 2.49. The third-order valence-electron chi connectivity index (χ3n) is 3.59. The summed E-state index contributed by atoms with van der Waals surface area (Å²) in [5.74, 6) is -0.359. The van der Waals surface area contributed by atoms with Crippen LogP contribution in [-0.4, -0.2) is 42.8 Å². The maximum Gasteiger partial charge on any atom is 0.410 e. The second kappa shape index (κ2) is 8.75. The minimum atomic E-state index is -0.491. The smallest absolute Gasteiger partial charge is 0.410 e. The lowest BCUT2D eigenvalue weighted by molar-refractivity contribution is -0.134. The van der Waals surface area contributed by atoms with Gasteiger partial charge in [-0.3, -0.25) is 0 Å². The van der Waals surface area contributed by atoms with E-state index < -0.39 is 5.60 Å². The summed E-state index contributed by atoms with van der Waals surface area (Å²) in [4.78, 5) is 25.3. The minimum absolute atomic E-state index is 0.275. The number of allylic oxidation sites excluding steroid dienone is 1. The van der Waals surface area contributed by atoms with Crippen LogP contribution in [0, 0.1) is 0 Å². The van der Waals surface area contributed by atoms with Crippen molar-refractivity contribution in [2.45, 2.75) is 59.0 Å². The summed E-state index contributed by atoms with van der Waals surface area (Å²) in [6.45, 7) is 8.91. The Labute approximate surface area is 139 Å². The molecule has 1 amide bonds. The topological polar surface area (TPSA) is 55.8 Å². The summed E-state index contributed by atoms with van der Waals surface area (Å²) in [6, 6.07) is 0. The number of nitrogens with zero attached hydrogens (tertiary/aromatic N) is 1. The van der Waals surface area contributed by atoms with Crippen LogP contribution in [0.25, 0.3) is 0 Å². The van der Waals surface area contributed by atoms with Gasteiger partial charge < -0.3 is 14.4 Å². The summed E-state index contributed by atoms with van der Waals surface area (Å²) < 4.78 is 10.1. The van der Waals surface area contributed by atoms with Crippen LogP contribution < -0.4 is 0 Å². The van der Waals surface area contributed by atoms with E-state index in [1.807, 2.05) is 26.8 Å². The summed E-state index contributed by atoms with van der Waals surface area (Å²) in [5.41, 5.74) is 1.84. The number of carbonyl (C=O) groups is 2. The van der Waals surface area contributed by atoms with E-state index in [0.717, 1.165) is 31.3 Å². The van der Waals surface area contributed by atoms with Crippen molar-refractivity contribution < 1.29 is 19.1 Å². The molecule has 0 saturated carbocycles. The van der Waals surface area contributed by atoms with Crippen LogP contribution in [-0.2, 0) is 14.3 Å². The van der Waals surface area contributed by atoms with Gasteiger partial charge >= 0.3 is 12.1 Å². The molecule has 1 aliphatic heterocycles. The zero-order valence-corrected chi connectivity index (χ0v) is 15.0. The highest BCUT2D eigenvalue weighted by molar-refractivity contribution is 5.82. The van der Waals surface area contributed by atoms with Crippen molar-refractivity contribution in [3.05, 3.63) is 23.3 Å². The maximum absolute atomic E-state index is 12.2. The number of ether oxygens (including phenoxy) is 2. The molecule has 0 atom stereocenters. The zero-order valence-electron chi connectivity index (χ0n) is 15.0. The quantitative estimate of drug-likeness (QED) is 0.570. The van der Waals surface area contributed by atoms with Gasteiger partial charge in [0.05, 0.1) is 7.11 Å². The van der Waals surface area contributed by atoms with Crippen LogP contribution in [0.4, 0.5) is 4.79 Å². The van der Waals surface area contributed by atoms with E-state index in [-0.39, 0.29) is 12.1 Å². The molecule has 0 fully saturated rings. The molecule has 0 aromatic carbocycles. The molecule has 0 spiro atoms. The van der Waals surface area contributed by atoms with Gasteiger partial charge in [0.25, 0.3) is 0 Å². The van der Waals surface area contributed by atoms with E-state index in [2.05, 4.69) is 11.7 Å². The van der Waals surface area contributed by atoms with Gasteiger partial charge in [0, 0.05) is 19.2 Å². The normalized spacial score (nSPS) is 16.0. The van der Waals surface area contributed by atoms with Crippen molar-refractivity contribution in [2.75, 3.05) is 20.2 Å². The Balaban J connectivity index is 2.84. The predicted octanol–water partition coefficient (Wildman–Crippen LogP) is 3.84. The summed E-state index contributed by atoms with van der Waals surface area (Å²) in [5, 5.41) is 0. The number of methoxy groups -OCH3 is 1. The second-order valence-corrected chi connectivity index (χ2v) is 6.74. The van der Waals surface area contributed by atoms with Gasteiger partial charge in [0.2, 0.25) is 0 Å². The molecule has 1 aliphatic rings. The number of rotatable bonds is 5. The fourth-order valence-electron chi connectivity index (χ4n) is 2.39. The Bertz CT molecular complexity index is 486. The van der Waals surface area contributed by atoms with Crippen molar-refractivity contribution in [2.24, 2.45) is 0 Å². The summed E-state index contributed by atoms with van der Waals surface area (Å²) in [7, 11) is 1.37. The van der Waals surface area contributed by atoms with E-state index in [0.29, 0.717) is 13.1 Å². The van der Waals surface area contributed by atoms with Crippen LogP contribution in [0.2, 0.25) is 0 Å². The van der Waals surface area contributed by atoms with Crippen molar-refractivity contribution in [3.8, 4) is 0 Å². The van der Waals surface area contributed by atoms with Crippen LogP contribution >= 0.6 is 0 Å². The average molecular weight is 323 g/mol. The number of hydrogen-bond donors (Lipinski definition) is 0. The zero-order chi connectivity index (χ0) is 17.5. The van der Waals surface area contributed by atoms with Gasteiger partial charge in [-0.2, -0.15) is 0 Å². The summed E-state index contributed by atoms with van der Waals surface area (Å²) >= 11 is 0. The third kappa shape index (κ3) is 6.89. The Hall–Kier alpha value is -1.78. The largest absolute Gasteiger partial charge is 0.466 e. The maximum atomic E-state index is 12.2. The molecule has 5 nitrogen and oxygen atoms in total. The molecule has 0 saturated heterocycles. The van der Waals surface area contributed by atoms with Crippen LogP contribution in [0.15, 0.2) is 23.3 Å². The Morgan fingerprint density at radius 2 is 2.00 bits per heavy atom. The van der Waals surface area contributed by atoms with E-state index in [1.54, 1.807) is 4.90 Å². The molecule has 23 heavy (non-hydrogen) atoms. The van der Waals surface area contributed by atoms with Crippen molar-refractivity contribution in [3.63, 3.8) is 0 Å². The Morgan fingerprint density at radius 3 is 2.57 bits per heavy atom. The van der Waals surface area contributed by atoms with Crippen molar-refractivity contribution in [1.82, 2.24) is 4.90 Å². The third-order valence-corrected chi connectivity index (χ3v) is 3.59. The van der Waals surface area contributed by atoms with Gasteiger partial charge in [-0.1, -0.05) is 19.4 Å². The van der Waals surface area contributed by atoms with Crippen LogP contribution in [0.5, 0.6) is 0 Å². The highest BCUT2D eigenvalue weighted by atomic mass is 16.6. The second-order valence-electron chi connectivity index (χ2n) is 6.74. The number of amides is 1. The molecular formula is C18H29NO4. The summed E-state index contributed by atoms with van der Waals surface area (Å²) in [6.07, 6.45) is 6.80. The van der Waals surface area contributed by atoms with Gasteiger partial charge in [-0.15, -0.1) is 0 Å². The lowest BCUT2D eigenvalue weighted by Gasteiger charge is -2.32. The fraction of sp³-hybridized carbons (Fsp3) is 0.667. The minimum Gasteiger partial charge on any atom is -0.466 e. The van der Waals surface area contributed by atoms with E-state index in [4.69, 9.17) is 4.74 Å². The number of unbranched alkanes of at least 4 members (excludes halogenated alkanes) is 1. The first-order valence-electron chi connectivity index (χ1n) is 8.21. The van der Waals surface area contributed by atoms with Gasteiger partial charge in [0.1, 0.15) is 5.60 Å². The molecule has 1 rings (SSSR count). The van der Waals surface area contributed by atoms with Crippen LogP contribution in [0.3, 0.4) is 0 Å². The predicted molar refractivity (Wildman–Crippen MR) is 90.1 cm³/mol. The lowest BCUT2D eigenvalue weighted by Crippen LogP contribution is -2.40. The lowest BCUT2D eigenvalue weighted by atomic mass is 9.95. The van der Waals surface area contributed by atoms with E-state index in [1.165, 1.54) is 18.8 Å². The molecule has 1 heterocycles. The van der Waals surface area contributed by atoms with E-state index in [9.17, 15) is 9.59 Å². The molecule has 0 unspecified atom stereocenters. The van der Waals surface area contributed by atoms with Gasteiger partial charge in [0.15, 0.2) is 0 Å². The molecule has 130 valence electrons. The van der Waals surface area contributed by atoms with Gasteiger partial charge in [-0.25, -0.2) is 9.59 Å². The molecule has 5 heteroatoms. The number of hydrogen-bond acceptors (Lipinski definition) is 4. The molecular weight excluding hydrogens is 294 g/mol. The number of carbonyl (C=O) groups excluding carboxylic acids is 2. The van der Waals surface area contributed by atoms with Crippen LogP contribution in [0.1, 0.15) is 53.4 Å². The Morgan fingerprint density at radius 1 is 1.30 bits per heavy atom. The van der Waals surface area contributed by atoms with Crippen molar-refractivity contribution in [1.29, 1.82) is 0 Å².